The first-order chi connectivity index (χ1) is 32.4. The second-order valence-electron chi connectivity index (χ2n) is 15.3. The van der Waals surface area contributed by atoms with Gasteiger partial charge < -0.3 is 29.5 Å². The number of nitrogens with one attached hydrogen (secondary N) is 1. The lowest BCUT2D eigenvalue weighted by molar-refractivity contribution is -0.141. The molecule has 0 bridgehead atoms. The lowest BCUT2D eigenvalue weighted by Crippen LogP contribution is -2.47. The van der Waals surface area contributed by atoms with E-state index in [1.807, 2.05) is 48.5 Å². The number of methoxy groups -OCH3 is 2. The highest BCUT2D eigenvalue weighted by atomic mass is 35.5. The number of benzene rings is 4. The predicted molar refractivity (Wildman–Crippen MR) is 283 cm³/mol. The van der Waals surface area contributed by atoms with Crippen LogP contribution in [0.25, 0.3) is 44.3 Å². The number of carbonyl (C=O) groups is 2. The van der Waals surface area contributed by atoms with Crippen LogP contribution in [0.15, 0.2) is 97.6 Å². The fourth-order valence-corrected chi connectivity index (χ4v) is 8.24. The fourth-order valence-electron chi connectivity index (χ4n) is 7.54. The Labute approximate surface area is 426 Å². The van der Waals surface area contributed by atoms with E-state index in [9.17, 15) is 9.59 Å². The average molecular weight is 1030 g/mol. The Morgan fingerprint density at radius 3 is 1.53 bits per heavy atom. The third-order valence-corrected chi connectivity index (χ3v) is 12.1. The van der Waals surface area contributed by atoms with Crippen LogP contribution in [-0.2, 0) is 19.1 Å². The molecule has 0 atom stereocenters. The van der Waals surface area contributed by atoms with Crippen molar-refractivity contribution in [1.82, 2.24) is 35.1 Å². The van der Waals surface area contributed by atoms with Crippen molar-refractivity contribution in [3.63, 3.8) is 0 Å². The van der Waals surface area contributed by atoms with Gasteiger partial charge in [-0.05, 0) is 103 Å². The summed E-state index contributed by atoms with van der Waals surface area (Å²) in [6, 6.07) is 27.8. The number of fused-ring (bicyclic) bond motifs is 2. The van der Waals surface area contributed by atoms with Crippen LogP contribution >= 0.6 is 58.8 Å². The van der Waals surface area contributed by atoms with Gasteiger partial charge in [0.05, 0.1) is 43.1 Å². The van der Waals surface area contributed by atoms with Crippen LogP contribution in [0.4, 0.5) is 11.4 Å². The van der Waals surface area contributed by atoms with Gasteiger partial charge in [-0.3, -0.25) is 9.69 Å². The third kappa shape index (κ3) is 16.4. The first kappa shape index (κ1) is 55.8. The van der Waals surface area contributed by atoms with Crippen molar-refractivity contribution in [1.29, 1.82) is 0 Å². The maximum Gasteiger partial charge on any atom is 0.329 e. The summed E-state index contributed by atoms with van der Waals surface area (Å²) in [5.41, 5.74) is 7.44. The molecular formula is C50H60Cl5N9O4. The molecule has 2 aromatic heterocycles. The minimum atomic E-state index is -0.394. The predicted octanol–water partition coefficient (Wildman–Crippen LogP) is 10.4. The molecule has 68 heavy (non-hydrogen) atoms. The van der Waals surface area contributed by atoms with Crippen LogP contribution in [0.1, 0.15) is 27.2 Å². The van der Waals surface area contributed by atoms with Gasteiger partial charge in [0.1, 0.15) is 0 Å². The Kier molecular flexibility index (Phi) is 23.5. The molecule has 2 fully saturated rings. The molecule has 0 unspecified atom stereocenters. The Hall–Kier alpha value is -4.83. The number of rotatable bonds is 11. The van der Waals surface area contributed by atoms with Crippen LogP contribution in [0, 0.1) is 0 Å². The van der Waals surface area contributed by atoms with E-state index in [-0.39, 0.29) is 28.9 Å². The standard InChI is InChI=1S/C22H22Cl2N4O2.C18H16Cl2N4.C6H15N.C4H6O2.ClH/c1-30-20(29)7-8-27-9-11-28(12-10-27)17-4-2-3-15(13-17)21-18-14-16(23)5-6-19(18)25-22(24)26-21;19-13-4-5-16-15(11-13)17(23-18(20)22-16)12-2-1-3-14(10-12)24-8-6-21-7-9-24;1-4-7(5-2)6-3;1-3-4(5)6-2;/h2-6,13-14H,7-12H2,1H3;1-5,10-11,21H,6-9H2;4-6H2,1-3H3;3H,1H2,2H3;1H. The molecule has 0 saturated carbocycles. The van der Waals surface area contributed by atoms with Crippen LogP contribution in [0.2, 0.25) is 20.6 Å². The van der Waals surface area contributed by atoms with Gasteiger partial charge in [0.2, 0.25) is 10.6 Å². The van der Waals surface area contributed by atoms with Gasteiger partial charge >= 0.3 is 11.9 Å². The molecule has 0 aliphatic carbocycles. The first-order valence-electron chi connectivity index (χ1n) is 22.3. The maximum atomic E-state index is 11.4. The zero-order valence-corrected chi connectivity index (χ0v) is 43.0. The van der Waals surface area contributed by atoms with Gasteiger partial charge in [-0.25, -0.2) is 24.7 Å². The number of esters is 2. The topological polar surface area (TPSA) is 129 Å². The van der Waals surface area contributed by atoms with E-state index in [1.165, 1.54) is 39.5 Å². The summed E-state index contributed by atoms with van der Waals surface area (Å²) in [4.78, 5) is 48.1. The van der Waals surface area contributed by atoms with E-state index in [2.05, 4.69) is 107 Å². The third-order valence-electron chi connectivity index (χ3n) is 11.3. The maximum absolute atomic E-state index is 11.4. The number of halogens is 5. The Morgan fingerprint density at radius 1 is 0.662 bits per heavy atom. The molecule has 1 N–H and O–H groups in total. The molecule has 2 saturated heterocycles. The number of anilines is 2. The molecule has 2 aliphatic rings. The molecule has 0 radical (unpaired) electrons. The quantitative estimate of drug-likeness (QED) is 0.0752. The molecule has 4 heterocycles. The van der Waals surface area contributed by atoms with E-state index in [0.29, 0.717) is 16.5 Å². The smallest absolute Gasteiger partial charge is 0.329 e. The summed E-state index contributed by atoms with van der Waals surface area (Å²) in [6.45, 7) is 21.6. The number of nitrogens with zero attached hydrogens (tertiary/aromatic N) is 8. The number of ether oxygens (including phenoxy) is 2. The highest BCUT2D eigenvalue weighted by Gasteiger charge is 2.20. The molecule has 18 heteroatoms. The van der Waals surface area contributed by atoms with Crippen LogP contribution < -0.4 is 15.1 Å². The van der Waals surface area contributed by atoms with Gasteiger partial charge in [-0.2, -0.15) is 0 Å². The normalized spacial score (nSPS) is 13.5. The summed E-state index contributed by atoms with van der Waals surface area (Å²) < 4.78 is 8.87. The molecule has 13 nitrogen and oxygen atoms in total. The van der Waals surface area contributed by atoms with Gasteiger partial charge in [0, 0.05) is 108 Å². The molecule has 0 amide bonds. The monoisotopic (exact) mass is 1030 g/mol. The molecule has 2 aliphatic heterocycles. The summed E-state index contributed by atoms with van der Waals surface area (Å²) in [5, 5.41) is 6.90. The van der Waals surface area contributed by atoms with E-state index in [1.54, 1.807) is 6.07 Å². The molecular weight excluding hydrogens is 968 g/mol. The highest BCUT2D eigenvalue weighted by Crippen LogP contribution is 2.33. The number of piperazine rings is 2. The molecule has 8 rings (SSSR count). The Bertz CT molecular complexity index is 2570. The lowest BCUT2D eigenvalue weighted by Gasteiger charge is -2.36. The largest absolute Gasteiger partial charge is 0.469 e. The van der Waals surface area contributed by atoms with Gasteiger partial charge in [-0.15, -0.1) is 12.4 Å². The Balaban J connectivity index is 0.000000236. The van der Waals surface area contributed by atoms with E-state index < -0.39 is 5.97 Å². The summed E-state index contributed by atoms with van der Waals surface area (Å²) in [6.07, 6.45) is 1.54. The van der Waals surface area contributed by atoms with Crippen molar-refractivity contribution in [2.24, 2.45) is 0 Å². The van der Waals surface area contributed by atoms with Gasteiger partial charge in [-0.1, -0.05) is 74.8 Å². The molecule has 6 aromatic rings. The van der Waals surface area contributed by atoms with Crippen molar-refractivity contribution in [2.45, 2.75) is 27.2 Å². The SMILES string of the molecule is C=CC(=O)OC.CCN(CC)CC.COC(=O)CCN1CCN(c2cccc(-c3nc(Cl)nc4ccc(Cl)cc34)c2)CC1.Cl.Clc1ccc2nc(Cl)nc(-c3cccc(N4CCNCC4)c3)c2c1. The van der Waals surface area contributed by atoms with Crippen LogP contribution in [0.5, 0.6) is 0 Å². The molecule has 4 aromatic carbocycles. The van der Waals surface area contributed by atoms with Crippen molar-refractivity contribution < 1.29 is 19.1 Å². The van der Waals surface area contributed by atoms with E-state index >= 15 is 0 Å². The summed E-state index contributed by atoms with van der Waals surface area (Å²) >= 11 is 24.7. The minimum absolute atomic E-state index is 0. The van der Waals surface area contributed by atoms with E-state index in [0.717, 1.165) is 115 Å². The number of carbonyl (C=O) groups excluding carboxylic acids is 2. The summed E-state index contributed by atoms with van der Waals surface area (Å²) in [5.74, 6) is -0.559. The van der Waals surface area contributed by atoms with Gasteiger partial charge in [0.15, 0.2) is 0 Å². The summed E-state index contributed by atoms with van der Waals surface area (Å²) in [7, 11) is 2.74. The molecule has 0 spiro atoms. The second-order valence-corrected chi connectivity index (χ2v) is 16.9. The number of hydrogen-bond donors (Lipinski definition) is 1. The minimum Gasteiger partial charge on any atom is -0.469 e. The zero-order chi connectivity index (χ0) is 48.3. The van der Waals surface area contributed by atoms with Crippen molar-refractivity contribution in [3.05, 3.63) is 118 Å². The lowest BCUT2D eigenvalue weighted by atomic mass is 10.1. The van der Waals surface area contributed by atoms with Crippen molar-refractivity contribution >= 4 is 104 Å². The zero-order valence-electron chi connectivity index (χ0n) is 39.2. The Morgan fingerprint density at radius 2 is 1.13 bits per heavy atom. The average Bonchev–Trinajstić information content (AvgIpc) is 3.36. The van der Waals surface area contributed by atoms with E-state index in [4.69, 9.17) is 51.1 Å². The van der Waals surface area contributed by atoms with Crippen LogP contribution in [0.3, 0.4) is 0 Å². The number of hydrogen-bond acceptors (Lipinski definition) is 13. The second kappa shape index (κ2) is 28.6. The number of aromatic nitrogens is 4. The highest BCUT2D eigenvalue weighted by molar-refractivity contribution is 6.32. The molecule has 364 valence electrons. The van der Waals surface area contributed by atoms with Crippen molar-refractivity contribution in [2.75, 3.05) is 103 Å². The van der Waals surface area contributed by atoms with Crippen LogP contribution in [-0.4, -0.2) is 134 Å². The van der Waals surface area contributed by atoms with Gasteiger partial charge in [0.25, 0.3) is 0 Å². The fraction of sp³-hybridized carbons (Fsp3) is 0.360. The van der Waals surface area contributed by atoms with Crippen molar-refractivity contribution in [3.8, 4) is 22.5 Å². The first-order valence-corrected chi connectivity index (χ1v) is 23.8.